The maximum atomic E-state index is 12.4. The van der Waals surface area contributed by atoms with Crippen molar-refractivity contribution in [2.45, 2.75) is 33.7 Å². The molecule has 0 bridgehead atoms. The Morgan fingerprint density at radius 3 is 2.78 bits per heavy atom. The number of aromatic nitrogens is 3. The van der Waals surface area contributed by atoms with Crippen LogP contribution in [-0.2, 0) is 6.54 Å². The molecule has 1 heterocycles. The number of hydrogen-bond acceptors (Lipinski definition) is 3. The highest BCUT2D eigenvalue weighted by molar-refractivity contribution is 6.08. The van der Waals surface area contributed by atoms with E-state index >= 15 is 0 Å². The number of aryl methyl sites for hydroxylation is 3. The van der Waals surface area contributed by atoms with Crippen molar-refractivity contribution in [3.05, 3.63) is 46.8 Å². The standard InChI is InChI=1S/C14H17N3O/c1-4-7-17-13(9-15-16-17)14(18)12-6-5-10(2)8-11(12)3/h5-6,8-9H,4,7H2,1-3H3. The first-order valence-corrected chi connectivity index (χ1v) is 6.14. The molecule has 0 aliphatic carbocycles. The molecule has 4 heteroatoms. The Morgan fingerprint density at radius 1 is 1.33 bits per heavy atom. The van der Waals surface area contributed by atoms with E-state index in [1.165, 1.54) is 6.20 Å². The second-order valence-corrected chi connectivity index (χ2v) is 4.49. The minimum atomic E-state index is -0.00838. The van der Waals surface area contributed by atoms with E-state index < -0.39 is 0 Å². The molecule has 2 aromatic rings. The number of hydrogen-bond donors (Lipinski definition) is 0. The Labute approximate surface area is 107 Å². The third kappa shape index (κ3) is 2.32. The molecular formula is C14H17N3O. The number of ketones is 1. The fourth-order valence-corrected chi connectivity index (χ4v) is 2.02. The van der Waals surface area contributed by atoms with Gasteiger partial charge in [-0.15, -0.1) is 5.10 Å². The second-order valence-electron chi connectivity index (χ2n) is 4.49. The molecule has 0 atom stereocenters. The molecule has 0 radical (unpaired) electrons. The molecule has 2 rings (SSSR count). The Kier molecular flexibility index (Phi) is 3.55. The van der Waals surface area contributed by atoms with E-state index in [0.717, 1.165) is 23.1 Å². The van der Waals surface area contributed by atoms with Gasteiger partial charge in [0, 0.05) is 12.1 Å². The van der Waals surface area contributed by atoms with Gasteiger partial charge in [-0.2, -0.15) is 0 Å². The normalized spacial score (nSPS) is 10.6. The molecule has 1 aromatic heterocycles. The van der Waals surface area contributed by atoms with Gasteiger partial charge >= 0.3 is 0 Å². The number of carbonyl (C=O) groups is 1. The van der Waals surface area contributed by atoms with E-state index in [2.05, 4.69) is 10.3 Å². The van der Waals surface area contributed by atoms with E-state index in [9.17, 15) is 4.79 Å². The molecule has 0 unspecified atom stereocenters. The van der Waals surface area contributed by atoms with Crippen LogP contribution in [0.4, 0.5) is 0 Å². The van der Waals surface area contributed by atoms with Gasteiger partial charge in [0.1, 0.15) is 5.69 Å². The lowest BCUT2D eigenvalue weighted by Crippen LogP contribution is -2.12. The topological polar surface area (TPSA) is 47.8 Å². The van der Waals surface area contributed by atoms with Crippen LogP contribution in [0.3, 0.4) is 0 Å². The Balaban J connectivity index is 2.38. The van der Waals surface area contributed by atoms with Gasteiger partial charge < -0.3 is 0 Å². The van der Waals surface area contributed by atoms with Crippen molar-refractivity contribution >= 4 is 5.78 Å². The molecule has 0 spiro atoms. The van der Waals surface area contributed by atoms with E-state index in [1.54, 1.807) is 4.68 Å². The monoisotopic (exact) mass is 243 g/mol. The van der Waals surface area contributed by atoms with Crippen LogP contribution in [-0.4, -0.2) is 20.8 Å². The molecule has 18 heavy (non-hydrogen) atoms. The van der Waals surface area contributed by atoms with E-state index in [1.807, 2.05) is 39.0 Å². The highest BCUT2D eigenvalue weighted by Crippen LogP contribution is 2.15. The maximum Gasteiger partial charge on any atom is 0.212 e. The Hall–Kier alpha value is -1.97. The fraction of sp³-hybridized carbons (Fsp3) is 0.357. The lowest BCUT2D eigenvalue weighted by Gasteiger charge is -2.07. The van der Waals surface area contributed by atoms with Crippen LogP contribution in [0.25, 0.3) is 0 Å². The summed E-state index contributed by atoms with van der Waals surface area (Å²) in [5.41, 5.74) is 3.43. The number of benzene rings is 1. The van der Waals surface area contributed by atoms with Crippen LogP contribution in [0.5, 0.6) is 0 Å². The summed E-state index contributed by atoms with van der Waals surface area (Å²) in [5.74, 6) is -0.00838. The largest absolute Gasteiger partial charge is 0.287 e. The van der Waals surface area contributed by atoms with Crippen LogP contribution in [0.15, 0.2) is 24.4 Å². The van der Waals surface area contributed by atoms with E-state index in [4.69, 9.17) is 0 Å². The molecular weight excluding hydrogens is 226 g/mol. The molecule has 0 fully saturated rings. The Morgan fingerprint density at radius 2 is 2.11 bits per heavy atom. The average molecular weight is 243 g/mol. The molecule has 0 aliphatic heterocycles. The third-order valence-corrected chi connectivity index (χ3v) is 2.91. The first-order chi connectivity index (χ1) is 8.63. The van der Waals surface area contributed by atoms with Crippen LogP contribution in [0.1, 0.15) is 40.5 Å². The second kappa shape index (κ2) is 5.12. The zero-order valence-electron chi connectivity index (χ0n) is 11.0. The molecule has 0 saturated carbocycles. The summed E-state index contributed by atoms with van der Waals surface area (Å²) in [6.07, 6.45) is 2.47. The summed E-state index contributed by atoms with van der Waals surface area (Å²) >= 11 is 0. The number of rotatable bonds is 4. The van der Waals surface area contributed by atoms with E-state index in [0.29, 0.717) is 12.2 Å². The number of carbonyl (C=O) groups excluding carboxylic acids is 1. The van der Waals surface area contributed by atoms with Crippen molar-refractivity contribution in [2.24, 2.45) is 0 Å². The average Bonchev–Trinajstić information content (AvgIpc) is 2.77. The molecule has 0 aliphatic rings. The van der Waals surface area contributed by atoms with Gasteiger partial charge in [-0.05, 0) is 25.8 Å². The molecule has 94 valence electrons. The zero-order valence-corrected chi connectivity index (χ0v) is 11.0. The van der Waals surface area contributed by atoms with Gasteiger partial charge in [-0.25, -0.2) is 4.68 Å². The van der Waals surface area contributed by atoms with Gasteiger partial charge in [0.15, 0.2) is 0 Å². The van der Waals surface area contributed by atoms with E-state index in [-0.39, 0.29) is 5.78 Å². The first kappa shape index (κ1) is 12.5. The SMILES string of the molecule is CCCn1nncc1C(=O)c1ccc(C)cc1C. The Bertz CT molecular complexity index is 572. The summed E-state index contributed by atoms with van der Waals surface area (Å²) in [4.78, 5) is 12.4. The van der Waals surface area contributed by atoms with Crippen molar-refractivity contribution in [3.63, 3.8) is 0 Å². The van der Waals surface area contributed by atoms with Gasteiger partial charge in [0.05, 0.1) is 6.20 Å². The quantitative estimate of drug-likeness (QED) is 0.775. The molecule has 1 aromatic carbocycles. The molecule has 0 amide bonds. The summed E-state index contributed by atoms with van der Waals surface area (Å²) in [6.45, 7) is 6.73. The molecule has 0 saturated heterocycles. The summed E-state index contributed by atoms with van der Waals surface area (Å²) in [5, 5.41) is 7.77. The van der Waals surface area contributed by atoms with Gasteiger partial charge in [0.2, 0.25) is 5.78 Å². The van der Waals surface area contributed by atoms with Crippen LogP contribution >= 0.6 is 0 Å². The lowest BCUT2D eigenvalue weighted by atomic mass is 10.0. The minimum absolute atomic E-state index is 0.00838. The van der Waals surface area contributed by atoms with Crippen molar-refractivity contribution in [1.82, 2.24) is 15.0 Å². The predicted molar refractivity (Wildman–Crippen MR) is 69.7 cm³/mol. The highest BCUT2D eigenvalue weighted by Gasteiger charge is 2.16. The van der Waals surface area contributed by atoms with Gasteiger partial charge in [-0.3, -0.25) is 4.79 Å². The zero-order chi connectivity index (χ0) is 13.1. The predicted octanol–water partition coefficient (Wildman–Crippen LogP) is 2.54. The summed E-state index contributed by atoms with van der Waals surface area (Å²) < 4.78 is 1.67. The van der Waals surface area contributed by atoms with Crippen molar-refractivity contribution in [2.75, 3.05) is 0 Å². The highest BCUT2D eigenvalue weighted by atomic mass is 16.1. The van der Waals surface area contributed by atoms with Crippen LogP contribution in [0.2, 0.25) is 0 Å². The summed E-state index contributed by atoms with van der Waals surface area (Å²) in [7, 11) is 0. The number of nitrogens with zero attached hydrogens (tertiary/aromatic N) is 3. The smallest absolute Gasteiger partial charge is 0.212 e. The molecule has 0 N–H and O–H groups in total. The van der Waals surface area contributed by atoms with Crippen LogP contribution in [0, 0.1) is 13.8 Å². The van der Waals surface area contributed by atoms with Crippen LogP contribution < -0.4 is 0 Å². The maximum absolute atomic E-state index is 12.4. The fourth-order valence-electron chi connectivity index (χ4n) is 2.02. The van der Waals surface area contributed by atoms with Gasteiger partial charge in [-0.1, -0.05) is 35.9 Å². The molecule has 4 nitrogen and oxygen atoms in total. The minimum Gasteiger partial charge on any atom is -0.287 e. The van der Waals surface area contributed by atoms with Crippen molar-refractivity contribution < 1.29 is 4.79 Å². The lowest BCUT2D eigenvalue weighted by molar-refractivity contribution is 0.102. The van der Waals surface area contributed by atoms with Crippen molar-refractivity contribution in [1.29, 1.82) is 0 Å². The third-order valence-electron chi connectivity index (χ3n) is 2.91. The van der Waals surface area contributed by atoms with Crippen molar-refractivity contribution in [3.8, 4) is 0 Å². The summed E-state index contributed by atoms with van der Waals surface area (Å²) in [6, 6.07) is 5.84. The van der Waals surface area contributed by atoms with Gasteiger partial charge in [0.25, 0.3) is 0 Å². The first-order valence-electron chi connectivity index (χ1n) is 6.14.